The van der Waals surface area contributed by atoms with E-state index in [1.807, 2.05) is 20.8 Å². The number of ether oxygens (including phenoxy) is 3. The molecule has 0 fully saturated rings. The van der Waals surface area contributed by atoms with Crippen LogP contribution in [-0.4, -0.2) is 45.5 Å². The zero-order valence-electron chi connectivity index (χ0n) is 14.0. The molecule has 1 unspecified atom stereocenters. The summed E-state index contributed by atoms with van der Waals surface area (Å²) >= 11 is 0. The largest absolute Gasteiger partial charge is 0.468 e. The Balaban J connectivity index is 2.44. The predicted octanol–water partition coefficient (Wildman–Crippen LogP) is 1.50. The molecule has 1 aliphatic heterocycles. The van der Waals surface area contributed by atoms with E-state index in [1.54, 1.807) is 12.1 Å². The molecule has 0 aliphatic carbocycles. The van der Waals surface area contributed by atoms with Crippen LogP contribution in [-0.2, 0) is 30.0 Å². The van der Waals surface area contributed by atoms with Crippen LogP contribution in [0.4, 0.5) is 5.69 Å². The minimum absolute atomic E-state index is 0.135. The lowest BCUT2D eigenvalue weighted by molar-refractivity contribution is -0.138. The van der Waals surface area contributed by atoms with Gasteiger partial charge < -0.3 is 14.2 Å². The highest BCUT2D eigenvalue weighted by Crippen LogP contribution is 2.44. The molecule has 0 saturated carbocycles. The molecule has 1 N–H and O–H groups in total. The van der Waals surface area contributed by atoms with Crippen LogP contribution in [0.2, 0.25) is 0 Å². The third-order valence-electron chi connectivity index (χ3n) is 3.87. The molecule has 1 aliphatic rings. The second kappa shape index (κ2) is 6.58. The van der Waals surface area contributed by atoms with Crippen LogP contribution >= 0.6 is 0 Å². The van der Waals surface area contributed by atoms with E-state index < -0.39 is 34.5 Å². The van der Waals surface area contributed by atoms with Gasteiger partial charge >= 0.3 is 16.3 Å². The summed E-state index contributed by atoms with van der Waals surface area (Å²) in [4.78, 5) is 11.5. The monoisotopic (exact) mass is 359 g/mol. The quantitative estimate of drug-likeness (QED) is 0.606. The van der Waals surface area contributed by atoms with Crippen molar-refractivity contribution < 1.29 is 32.0 Å². The van der Waals surface area contributed by atoms with E-state index in [1.165, 1.54) is 6.07 Å². The highest BCUT2D eigenvalue weighted by Gasteiger charge is 2.43. The highest BCUT2D eigenvalue weighted by atomic mass is 32.2. The van der Waals surface area contributed by atoms with Crippen LogP contribution in [0.25, 0.3) is 0 Å². The van der Waals surface area contributed by atoms with Crippen molar-refractivity contribution in [1.82, 2.24) is 0 Å². The summed E-state index contributed by atoms with van der Waals surface area (Å²) in [5.41, 5.74) is 0.324. The average Bonchev–Trinajstić information content (AvgIpc) is 2.74. The molecule has 134 valence electrons. The van der Waals surface area contributed by atoms with Gasteiger partial charge in [0.1, 0.15) is 12.3 Å². The number of carbonyl (C=O) groups excluding carboxylic acids is 1. The van der Waals surface area contributed by atoms with E-state index in [0.29, 0.717) is 16.7 Å². The molecule has 24 heavy (non-hydrogen) atoms. The number of methoxy groups -OCH3 is 1. The molecule has 0 spiro atoms. The van der Waals surface area contributed by atoms with Crippen molar-refractivity contribution in [3.63, 3.8) is 0 Å². The molecule has 9 heteroatoms. The summed E-state index contributed by atoms with van der Waals surface area (Å²) < 4.78 is 49.0. The lowest BCUT2D eigenvalue weighted by Gasteiger charge is -2.26. The second-order valence-electron chi connectivity index (χ2n) is 5.87. The van der Waals surface area contributed by atoms with Crippen molar-refractivity contribution in [2.75, 3.05) is 24.6 Å². The van der Waals surface area contributed by atoms with Crippen LogP contribution < -0.4 is 9.04 Å². The van der Waals surface area contributed by atoms with Gasteiger partial charge in [0.2, 0.25) is 6.29 Å². The maximum Gasteiger partial charge on any atom is 0.360 e. The van der Waals surface area contributed by atoms with Gasteiger partial charge in [-0.05, 0) is 39.0 Å². The second-order valence-corrected chi connectivity index (χ2v) is 7.20. The van der Waals surface area contributed by atoms with E-state index in [-0.39, 0.29) is 5.69 Å². The number of fused-ring (bicyclic) bond motifs is 1. The zero-order valence-corrected chi connectivity index (χ0v) is 14.8. The van der Waals surface area contributed by atoms with Crippen molar-refractivity contribution in [3.05, 3.63) is 23.8 Å². The molecule has 1 heterocycles. The molecule has 0 bridgehead atoms. The van der Waals surface area contributed by atoms with Gasteiger partial charge in [0.05, 0.1) is 18.2 Å². The van der Waals surface area contributed by atoms with Crippen molar-refractivity contribution in [1.29, 1.82) is 0 Å². The van der Waals surface area contributed by atoms with Crippen molar-refractivity contribution in [2.45, 2.75) is 32.5 Å². The topological polar surface area (TPSA) is 102 Å². The number of nitrogens with zero attached hydrogens (tertiary/aromatic N) is 1. The maximum atomic E-state index is 11.6. The van der Waals surface area contributed by atoms with Crippen molar-refractivity contribution in [2.24, 2.45) is 0 Å². The molecule has 8 nitrogen and oxygen atoms in total. The smallest absolute Gasteiger partial charge is 0.360 e. The maximum absolute atomic E-state index is 11.6. The van der Waals surface area contributed by atoms with Crippen molar-refractivity contribution >= 4 is 22.0 Å². The highest BCUT2D eigenvalue weighted by molar-refractivity contribution is 7.87. The third kappa shape index (κ3) is 3.47. The summed E-state index contributed by atoms with van der Waals surface area (Å²) in [6, 6.07) is 4.59. The summed E-state index contributed by atoms with van der Waals surface area (Å²) in [7, 11) is -3.51. The van der Waals surface area contributed by atoms with E-state index in [0.717, 1.165) is 12.7 Å². The van der Waals surface area contributed by atoms with Crippen LogP contribution in [0.1, 0.15) is 26.3 Å². The van der Waals surface area contributed by atoms with Gasteiger partial charge in [-0.2, -0.15) is 8.42 Å². The predicted molar refractivity (Wildman–Crippen MR) is 86.4 cm³/mol. The summed E-state index contributed by atoms with van der Waals surface area (Å²) in [6.45, 7) is 5.49. The number of hydrogen-bond donors (Lipinski definition) is 1. The fourth-order valence-corrected chi connectivity index (χ4v) is 3.20. The first-order valence-electron chi connectivity index (χ1n) is 7.36. The molecule has 1 aromatic carbocycles. The first-order chi connectivity index (χ1) is 11.1. The fourth-order valence-electron chi connectivity index (χ4n) is 2.55. The van der Waals surface area contributed by atoms with Gasteiger partial charge in [0.25, 0.3) is 0 Å². The Morgan fingerprint density at radius 3 is 2.62 bits per heavy atom. The minimum atomic E-state index is -4.64. The summed E-state index contributed by atoms with van der Waals surface area (Å²) in [6.07, 6.45) is -0.507. The lowest BCUT2D eigenvalue weighted by atomic mass is 9.85. The van der Waals surface area contributed by atoms with E-state index >= 15 is 0 Å². The first kappa shape index (κ1) is 18.5. The minimum Gasteiger partial charge on any atom is -0.468 e. The van der Waals surface area contributed by atoms with Gasteiger partial charge in [-0.15, -0.1) is 0 Å². The van der Waals surface area contributed by atoms with E-state index in [4.69, 9.17) is 9.47 Å². The van der Waals surface area contributed by atoms with Gasteiger partial charge in [0.15, 0.2) is 0 Å². The number of carbonyl (C=O) groups is 1. The molecule has 0 aromatic heterocycles. The lowest BCUT2D eigenvalue weighted by Crippen LogP contribution is -2.36. The molecule has 2 rings (SSSR count). The summed E-state index contributed by atoms with van der Waals surface area (Å²) in [5.74, 6) is -0.230. The average molecular weight is 359 g/mol. The Hall–Kier alpha value is -1.84. The van der Waals surface area contributed by atoms with Gasteiger partial charge in [0, 0.05) is 12.2 Å². The fraction of sp³-hybridized carbons (Fsp3) is 0.533. The Bertz CT molecular complexity index is 729. The van der Waals surface area contributed by atoms with Gasteiger partial charge in [-0.3, -0.25) is 9.35 Å². The van der Waals surface area contributed by atoms with Gasteiger partial charge in [-0.25, -0.2) is 4.31 Å². The molecule has 0 saturated heterocycles. The van der Waals surface area contributed by atoms with Crippen LogP contribution in [0.5, 0.6) is 5.75 Å². The molecule has 0 amide bonds. The van der Waals surface area contributed by atoms with Crippen LogP contribution in [0.15, 0.2) is 18.2 Å². The summed E-state index contributed by atoms with van der Waals surface area (Å²) in [5, 5.41) is 0. The molecule has 0 radical (unpaired) electrons. The zero-order chi connectivity index (χ0) is 18.1. The normalized spacial score (nSPS) is 18.6. The number of anilines is 1. The number of esters is 1. The van der Waals surface area contributed by atoms with E-state index in [2.05, 4.69) is 4.74 Å². The number of benzene rings is 1. The first-order valence-corrected chi connectivity index (χ1v) is 8.75. The SMILES string of the molecule is CCOC1Oc2ccc(N(CC(=O)OC)S(=O)(=O)O)cc2C1(C)C. The van der Waals surface area contributed by atoms with Crippen molar-refractivity contribution in [3.8, 4) is 5.75 Å². The van der Waals surface area contributed by atoms with Gasteiger partial charge in [-0.1, -0.05) is 0 Å². The standard InChI is InChI=1S/C15H21NO7S/c1-5-22-14-15(2,3)11-8-10(6-7-12(11)23-14)16(24(18,19)20)9-13(17)21-4/h6-8,14H,5,9H2,1-4H3,(H,18,19,20). The molecular weight excluding hydrogens is 338 g/mol. The van der Waals surface area contributed by atoms with E-state index in [9.17, 15) is 17.8 Å². The number of rotatable bonds is 6. The molecule has 1 aromatic rings. The third-order valence-corrected chi connectivity index (χ3v) is 4.76. The molecular formula is C15H21NO7S. The molecule has 1 atom stereocenters. The Morgan fingerprint density at radius 1 is 1.42 bits per heavy atom. The Labute approximate surface area is 141 Å². The Kier molecular flexibility index (Phi) is 5.07. The van der Waals surface area contributed by atoms with Crippen LogP contribution in [0, 0.1) is 0 Å². The van der Waals surface area contributed by atoms with Crippen LogP contribution in [0.3, 0.4) is 0 Å². The Morgan fingerprint density at radius 2 is 2.08 bits per heavy atom. The number of hydrogen-bond acceptors (Lipinski definition) is 6.